The van der Waals surface area contributed by atoms with Gasteiger partial charge in [0.05, 0.1) is 0 Å². The van der Waals surface area contributed by atoms with Crippen molar-refractivity contribution in [2.45, 2.75) is 20.0 Å². The van der Waals surface area contributed by atoms with Crippen molar-refractivity contribution in [3.63, 3.8) is 0 Å². The lowest BCUT2D eigenvalue weighted by Crippen LogP contribution is -2.29. The molecule has 0 radical (unpaired) electrons. The normalized spacial score (nSPS) is 10.3. The first-order valence-corrected chi connectivity index (χ1v) is 6.21. The predicted molar refractivity (Wildman–Crippen MR) is 71.7 cm³/mol. The van der Waals surface area contributed by atoms with Crippen LogP contribution in [0.4, 0.5) is 4.39 Å². The van der Waals surface area contributed by atoms with Gasteiger partial charge in [-0.1, -0.05) is 18.2 Å². The summed E-state index contributed by atoms with van der Waals surface area (Å²) >= 11 is 0. The number of carbonyl (C=O) groups is 1. The molecular formula is C14H14FN3O2. The summed E-state index contributed by atoms with van der Waals surface area (Å²) < 4.78 is 14.6. The van der Waals surface area contributed by atoms with E-state index in [1.54, 1.807) is 25.1 Å². The van der Waals surface area contributed by atoms with E-state index in [9.17, 15) is 14.0 Å². The summed E-state index contributed by atoms with van der Waals surface area (Å²) in [6.45, 7) is 2.21. The molecule has 0 bridgehead atoms. The average molecular weight is 275 g/mol. The maximum Gasteiger partial charge on any atom is 0.271 e. The van der Waals surface area contributed by atoms with Gasteiger partial charge >= 0.3 is 0 Å². The van der Waals surface area contributed by atoms with Gasteiger partial charge in [0.15, 0.2) is 0 Å². The molecule has 20 heavy (non-hydrogen) atoms. The Balaban J connectivity index is 2.09. The fourth-order valence-electron chi connectivity index (χ4n) is 1.70. The molecule has 0 aliphatic rings. The minimum atomic E-state index is -0.449. The van der Waals surface area contributed by atoms with Crippen molar-refractivity contribution in [3.05, 3.63) is 63.8 Å². The van der Waals surface area contributed by atoms with Crippen LogP contribution in [0.5, 0.6) is 0 Å². The fourth-order valence-corrected chi connectivity index (χ4v) is 1.70. The quantitative estimate of drug-likeness (QED) is 0.915. The molecule has 0 aliphatic heterocycles. The standard InChI is InChI=1S/C14H14FN3O2/c1-2-18-13(19)8-7-12(17-18)14(20)16-9-10-5-3-4-6-11(10)15/h3-8H,2,9H2,1H3,(H,16,20). The molecule has 2 aromatic rings. The third-order valence-electron chi connectivity index (χ3n) is 2.80. The van der Waals surface area contributed by atoms with Gasteiger partial charge in [-0.25, -0.2) is 9.07 Å². The van der Waals surface area contributed by atoms with Crippen LogP contribution in [0.3, 0.4) is 0 Å². The van der Waals surface area contributed by atoms with Crippen molar-refractivity contribution >= 4 is 5.91 Å². The van der Waals surface area contributed by atoms with Gasteiger partial charge in [-0.15, -0.1) is 0 Å². The number of aryl methyl sites for hydroxylation is 1. The lowest BCUT2D eigenvalue weighted by atomic mass is 10.2. The van der Waals surface area contributed by atoms with Crippen molar-refractivity contribution in [2.75, 3.05) is 0 Å². The Bertz CT molecular complexity index is 682. The number of rotatable bonds is 4. The largest absolute Gasteiger partial charge is 0.346 e. The second-order valence-electron chi connectivity index (χ2n) is 4.15. The number of aromatic nitrogens is 2. The minimum Gasteiger partial charge on any atom is -0.346 e. The van der Waals surface area contributed by atoms with Crippen LogP contribution in [0, 0.1) is 5.82 Å². The van der Waals surface area contributed by atoms with E-state index < -0.39 is 5.91 Å². The predicted octanol–water partition coefficient (Wildman–Crippen LogP) is 1.33. The third kappa shape index (κ3) is 3.09. The van der Waals surface area contributed by atoms with E-state index in [-0.39, 0.29) is 23.6 Å². The van der Waals surface area contributed by atoms with Crippen molar-refractivity contribution < 1.29 is 9.18 Å². The van der Waals surface area contributed by atoms with Gasteiger partial charge in [-0.2, -0.15) is 5.10 Å². The molecule has 104 valence electrons. The fraction of sp³-hybridized carbons (Fsp3) is 0.214. The monoisotopic (exact) mass is 275 g/mol. The molecule has 0 saturated heterocycles. The molecule has 0 atom stereocenters. The molecule has 0 saturated carbocycles. The summed E-state index contributed by atoms with van der Waals surface area (Å²) in [6, 6.07) is 8.84. The molecule has 5 nitrogen and oxygen atoms in total. The second-order valence-corrected chi connectivity index (χ2v) is 4.15. The van der Waals surface area contributed by atoms with E-state index in [4.69, 9.17) is 0 Å². The van der Waals surface area contributed by atoms with E-state index in [0.29, 0.717) is 12.1 Å². The van der Waals surface area contributed by atoms with Gasteiger partial charge in [-0.3, -0.25) is 9.59 Å². The molecule has 0 fully saturated rings. The molecule has 1 N–H and O–H groups in total. The van der Waals surface area contributed by atoms with E-state index in [1.165, 1.54) is 22.9 Å². The zero-order chi connectivity index (χ0) is 14.5. The topological polar surface area (TPSA) is 64.0 Å². The molecule has 1 aromatic carbocycles. The highest BCUT2D eigenvalue weighted by Crippen LogP contribution is 2.05. The Labute approximate surface area is 115 Å². The molecule has 0 unspecified atom stereocenters. The van der Waals surface area contributed by atoms with Crippen LogP contribution in [0.2, 0.25) is 0 Å². The SMILES string of the molecule is CCn1nc(C(=O)NCc2ccccc2F)ccc1=O. The van der Waals surface area contributed by atoms with Crippen molar-refractivity contribution in [2.24, 2.45) is 0 Å². The third-order valence-corrected chi connectivity index (χ3v) is 2.80. The van der Waals surface area contributed by atoms with Gasteiger partial charge < -0.3 is 5.32 Å². The number of amides is 1. The van der Waals surface area contributed by atoms with Crippen LogP contribution < -0.4 is 10.9 Å². The summed E-state index contributed by atoms with van der Waals surface area (Å²) in [6.07, 6.45) is 0. The van der Waals surface area contributed by atoms with Crippen LogP contribution in [-0.2, 0) is 13.1 Å². The summed E-state index contributed by atoms with van der Waals surface area (Å²) in [5.41, 5.74) is 0.255. The van der Waals surface area contributed by atoms with Gasteiger partial charge in [0.25, 0.3) is 11.5 Å². The van der Waals surface area contributed by atoms with Crippen molar-refractivity contribution in [3.8, 4) is 0 Å². The van der Waals surface area contributed by atoms with Crippen molar-refractivity contribution in [1.82, 2.24) is 15.1 Å². The maximum absolute atomic E-state index is 13.4. The number of hydrogen-bond acceptors (Lipinski definition) is 3. The first kappa shape index (κ1) is 13.9. The van der Waals surface area contributed by atoms with E-state index in [2.05, 4.69) is 10.4 Å². The minimum absolute atomic E-state index is 0.0679. The first-order valence-electron chi connectivity index (χ1n) is 6.21. The average Bonchev–Trinajstić information content (AvgIpc) is 2.46. The number of hydrogen-bond donors (Lipinski definition) is 1. The Hall–Kier alpha value is -2.50. The molecular weight excluding hydrogens is 261 g/mol. The summed E-state index contributed by atoms with van der Waals surface area (Å²) in [5.74, 6) is -0.824. The summed E-state index contributed by atoms with van der Waals surface area (Å²) in [5, 5.41) is 6.49. The number of halogens is 1. The Morgan fingerprint density at radius 1 is 1.30 bits per heavy atom. The van der Waals surface area contributed by atoms with E-state index >= 15 is 0 Å². The number of nitrogens with zero attached hydrogens (tertiary/aromatic N) is 2. The van der Waals surface area contributed by atoms with Crippen LogP contribution in [0.1, 0.15) is 23.0 Å². The second kappa shape index (κ2) is 6.10. The number of benzene rings is 1. The molecule has 0 aliphatic carbocycles. The molecule has 2 rings (SSSR count). The molecule has 1 aromatic heterocycles. The lowest BCUT2D eigenvalue weighted by Gasteiger charge is -2.07. The molecule has 0 spiro atoms. The summed E-state index contributed by atoms with van der Waals surface area (Å²) in [4.78, 5) is 23.3. The highest BCUT2D eigenvalue weighted by Gasteiger charge is 2.10. The van der Waals surface area contributed by atoms with Gasteiger partial charge in [0, 0.05) is 24.7 Å². The van der Waals surface area contributed by atoms with Gasteiger partial charge in [0.1, 0.15) is 11.5 Å². The van der Waals surface area contributed by atoms with Gasteiger partial charge in [0.2, 0.25) is 0 Å². The van der Waals surface area contributed by atoms with Crippen LogP contribution in [-0.4, -0.2) is 15.7 Å². The first-order chi connectivity index (χ1) is 9.61. The highest BCUT2D eigenvalue weighted by atomic mass is 19.1. The molecule has 6 heteroatoms. The lowest BCUT2D eigenvalue weighted by molar-refractivity contribution is 0.0943. The van der Waals surface area contributed by atoms with E-state index in [0.717, 1.165) is 0 Å². The summed E-state index contributed by atoms with van der Waals surface area (Å²) in [7, 11) is 0. The Kier molecular flexibility index (Phi) is 4.24. The maximum atomic E-state index is 13.4. The smallest absolute Gasteiger partial charge is 0.271 e. The Morgan fingerprint density at radius 3 is 2.75 bits per heavy atom. The van der Waals surface area contributed by atoms with Crippen LogP contribution in [0.15, 0.2) is 41.2 Å². The number of carbonyl (C=O) groups excluding carboxylic acids is 1. The Morgan fingerprint density at radius 2 is 2.05 bits per heavy atom. The van der Waals surface area contributed by atoms with Crippen molar-refractivity contribution in [1.29, 1.82) is 0 Å². The number of nitrogens with one attached hydrogen (secondary N) is 1. The zero-order valence-electron chi connectivity index (χ0n) is 11.0. The van der Waals surface area contributed by atoms with Gasteiger partial charge in [-0.05, 0) is 19.1 Å². The zero-order valence-corrected chi connectivity index (χ0v) is 11.0. The van der Waals surface area contributed by atoms with E-state index in [1.807, 2.05) is 0 Å². The van der Waals surface area contributed by atoms with Crippen LogP contribution in [0.25, 0.3) is 0 Å². The molecule has 1 heterocycles. The highest BCUT2D eigenvalue weighted by molar-refractivity contribution is 5.91. The van der Waals surface area contributed by atoms with Crippen LogP contribution >= 0.6 is 0 Å². The molecule has 1 amide bonds.